The minimum Gasteiger partial charge on any atom is -0.346 e. The van der Waals surface area contributed by atoms with Gasteiger partial charge >= 0.3 is 0 Å². The Morgan fingerprint density at radius 1 is 1.38 bits per heavy atom. The van der Waals surface area contributed by atoms with E-state index in [1.807, 2.05) is 24.3 Å². The van der Waals surface area contributed by atoms with Gasteiger partial charge in [0.1, 0.15) is 6.07 Å². The average Bonchev–Trinajstić information content (AvgIpc) is 2.83. The summed E-state index contributed by atoms with van der Waals surface area (Å²) in [6.07, 6.45) is -0.293. The van der Waals surface area contributed by atoms with Crippen molar-refractivity contribution in [2.45, 2.75) is 12.7 Å². The highest BCUT2D eigenvalue weighted by Gasteiger charge is 2.21. The van der Waals surface area contributed by atoms with Crippen LogP contribution in [0.15, 0.2) is 24.3 Å². The van der Waals surface area contributed by atoms with Crippen LogP contribution in [-0.2, 0) is 20.7 Å². The molecule has 4 heteroatoms. The molecule has 1 aromatic rings. The third-order valence-corrected chi connectivity index (χ3v) is 2.41. The van der Waals surface area contributed by atoms with Crippen molar-refractivity contribution < 1.29 is 14.3 Å². The first-order chi connectivity index (χ1) is 7.81. The van der Waals surface area contributed by atoms with Gasteiger partial charge in [-0.1, -0.05) is 24.3 Å². The zero-order chi connectivity index (χ0) is 11.4. The highest BCUT2D eigenvalue weighted by Crippen LogP contribution is 2.26. The molecule has 0 atom stereocenters. The Balaban J connectivity index is 2.23. The Labute approximate surface area is 93.4 Å². The molecule has 2 rings (SSSR count). The molecule has 0 aliphatic carbocycles. The summed E-state index contributed by atoms with van der Waals surface area (Å²) >= 11 is 0. The Bertz CT molecular complexity index is 430. The molecule has 1 heterocycles. The van der Waals surface area contributed by atoms with Gasteiger partial charge in [-0.3, -0.25) is 4.79 Å². The van der Waals surface area contributed by atoms with Gasteiger partial charge in [0.2, 0.25) is 5.78 Å². The maximum absolute atomic E-state index is 11.1. The van der Waals surface area contributed by atoms with Crippen LogP contribution in [0.3, 0.4) is 0 Å². The van der Waals surface area contributed by atoms with Crippen molar-refractivity contribution >= 4 is 5.78 Å². The molecular weight excluding hydrogens is 207 g/mol. The van der Waals surface area contributed by atoms with Gasteiger partial charge in [-0.05, 0) is 5.56 Å². The number of nitriles is 1. The average molecular weight is 218 g/mol. The third kappa shape index (κ3) is 2.27. The number of hydrogen-bond acceptors (Lipinski definition) is 4. The van der Waals surface area contributed by atoms with E-state index in [1.165, 1.54) is 0 Å². The van der Waals surface area contributed by atoms with E-state index in [9.17, 15) is 4.79 Å². The topological polar surface area (TPSA) is 59.3 Å². The number of carbonyl (C=O) groups excluding carboxylic acids is 1. The van der Waals surface area contributed by atoms with Crippen LogP contribution in [0.4, 0.5) is 0 Å². The second-order valence-electron chi connectivity index (χ2n) is 3.48. The number of carbonyl (C=O) groups is 1. The Morgan fingerprint density at radius 2 is 2.06 bits per heavy atom. The van der Waals surface area contributed by atoms with E-state index in [0.29, 0.717) is 13.2 Å². The quantitative estimate of drug-likeness (QED) is 0.567. The number of nitrogens with zero attached hydrogens (tertiary/aromatic N) is 1. The van der Waals surface area contributed by atoms with Crippen LogP contribution in [0.5, 0.6) is 0 Å². The molecule has 0 N–H and O–H groups in total. The number of Topliss-reactive ketones (excluding diaryl/α,β-unsaturated/α-hetero) is 1. The molecule has 1 aliphatic heterocycles. The molecule has 0 radical (unpaired) electrons. The predicted molar refractivity (Wildman–Crippen MR) is 55.4 cm³/mol. The fourth-order valence-corrected chi connectivity index (χ4v) is 1.68. The summed E-state index contributed by atoms with van der Waals surface area (Å²) in [6.45, 7) is 1.12. The van der Waals surface area contributed by atoms with Crippen molar-refractivity contribution in [1.29, 1.82) is 5.26 Å². The zero-order valence-electron chi connectivity index (χ0n) is 8.68. The second kappa shape index (κ2) is 4.88. The Kier molecular flexibility index (Phi) is 3.30. The largest absolute Gasteiger partial charge is 0.346 e. The molecule has 0 spiro atoms. The van der Waals surface area contributed by atoms with Crippen molar-refractivity contribution in [1.82, 2.24) is 0 Å². The lowest BCUT2D eigenvalue weighted by Gasteiger charge is -2.13. The number of ketones is 1. The summed E-state index contributed by atoms with van der Waals surface area (Å²) < 4.78 is 10.8. The zero-order valence-corrected chi connectivity index (χ0v) is 8.68. The molecular formula is C12H11NO3. The fraction of sp³-hybridized carbons (Fsp3) is 0.333. The summed E-state index contributed by atoms with van der Waals surface area (Å²) in [6, 6.07) is 8.98. The van der Waals surface area contributed by atoms with E-state index < -0.39 is 12.1 Å². The maximum Gasteiger partial charge on any atom is 0.236 e. The Morgan fingerprint density at radius 3 is 2.75 bits per heavy atom. The molecule has 0 amide bonds. The van der Waals surface area contributed by atoms with E-state index in [1.54, 1.807) is 6.07 Å². The van der Waals surface area contributed by atoms with Gasteiger partial charge in [0.05, 0.1) is 13.2 Å². The van der Waals surface area contributed by atoms with E-state index in [2.05, 4.69) is 0 Å². The van der Waals surface area contributed by atoms with Crippen LogP contribution in [-0.4, -0.2) is 19.0 Å². The molecule has 16 heavy (non-hydrogen) atoms. The standard InChI is InChI=1S/C12H11NO3/c13-8-10(14)7-9-3-1-2-4-11(9)12-15-5-6-16-12/h1-4,12H,5-7H2/i10+1. The summed E-state index contributed by atoms with van der Waals surface area (Å²) in [5, 5.41) is 8.49. The summed E-state index contributed by atoms with van der Waals surface area (Å²) in [4.78, 5) is 11.1. The molecule has 0 saturated carbocycles. The normalized spacial score (nSPS) is 15.9. The molecule has 1 saturated heterocycles. The van der Waals surface area contributed by atoms with Crippen LogP contribution < -0.4 is 0 Å². The van der Waals surface area contributed by atoms with E-state index in [-0.39, 0.29) is 6.42 Å². The number of benzene rings is 1. The number of rotatable bonds is 3. The molecule has 4 nitrogen and oxygen atoms in total. The lowest BCUT2D eigenvalue weighted by atomic mass is 10.1. The van der Waals surface area contributed by atoms with Crippen LogP contribution in [0.25, 0.3) is 0 Å². The molecule has 1 fully saturated rings. The van der Waals surface area contributed by atoms with Gasteiger partial charge in [0.15, 0.2) is 6.29 Å². The van der Waals surface area contributed by atoms with E-state index >= 15 is 0 Å². The van der Waals surface area contributed by atoms with Crippen molar-refractivity contribution in [3.8, 4) is 6.07 Å². The summed E-state index contributed by atoms with van der Waals surface area (Å²) in [5.41, 5.74) is 1.63. The van der Waals surface area contributed by atoms with Crippen molar-refractivity contribution in [2.75, 3.05) is 13.2 Å². The summed E-state index contributed by atoms with van der Waals surface area (Å²) in [5.74, 6) is -0.453. The third-order valence-electron chi connectivity index (χ3n) is 2.41. The van der Waals surface area contributed by atoms with Crippen LogP contribution >= 0.6 is 0 Å². The van der Waals surface area contributed by atoms with Gasteiger partial charge in [-0.25, -0.2) is 0 Å². The predicted octanol–water partition coefficient (Wildman–Crippen LogP) is 1.37. The summed E-state index contributed by atoms with van der Waals surface area (Å²) in [7, 11) is 0. The minimum atomic E-state index is -0.453. The van der Waals surface area contributed by atoms with Crippen LogP contribution in [0.2, 0.25) is 0 Å². The van der Waals surface area contributed by atoms with Gasteiger partial charge in [0, 0.05) is 12.0 Å². The first kappa shape index (κ1) is 10.8. The molecule has 0 unspecified atom stereocenters. The van der Waals surface area contributed by atoms with Crippen molar-refractivity contribution in [3.63, 3.8) is 0 Å². The highest BCUT2D eigenvalue weighted by atomic mass is 16.7. The van der Waals surface area contributed by atoms with Gasteiger partial charge in [-0.2, -0.15) is 5.26 Å². The molecule has 1 aliphatic rings. The first-order valence-electron chi connectivity index (χ1n) is 5.05. The molecule has 1 aromatic carbocycles. The lowest BCUT2D eigenvalue weighted by Crippen LogP contribution is -2.07. The SMILES string of the molecule is N#C[13C](=O)Cc1ccccc1C1OCCO1. The van der Waals surface area contributed by atoms with Crippen molar-refractivity contribution in [2.24, 2.45) is 0 Å². The fourth-order valence-electron chi connectivity index (χ4n) is 1.68. The van der Waals surface area contributed by atoms with Crippen LogP contribution in [0, 0.1) is 11.3 Å². The van der Waals surface area contributed by atoms with Gasteiger partial charge in [-0.15, -0.1) is 0 Å². The molecule has 0 bridgehead atoms. The monoisotopic (exact) mass is 218 g/mol. The van der Waals surface area contributed by atoms with E-state index in [0.717, 1.165) is 11.1 Å². The Hall–Kier alpha value is -1.70. The lowest BCUT2D eigenvalue weighted by molar-refractivity contribution is -0.113. The number of hydrogen-bond donors (Lipinski definition) is 0. The second-order valence-corrected chi connectivity index (χ2v) is 3.48. The van der Waals surface area contributed by atoms with Gasteiger partial charge in [0.25, 0.3) is 0 Å². The first-order valence-corrected chi connectivity index (χ1v) is 5.05. The van der Waals surface area contributed by atoms with E-state index in [4.69, 9.17) is 14.7 Å². The minimum absolute atomic E-state index is 0.107. The van der Waals surface area contributed by atoms with Crippen molar-refractivity contribution in [3.05, 3.63) is 35.4 Å². The van der Waals surface area contributed by atoms with Gasteiger partial charge < -0.3 is 9.47 Å². The number of ether oxygens (including phenoxy) is 2. The smallest absolute Gasteiger partial charge is 0.236 e. The van der Waals surface area contributed by atoms with Crippen LogP contribution in [0.1, 0.15) is 17.4 Å². The highest BCUT2D eigenvalue weighted by molar-refractivity contribution is 5.95. The molecule has 82 valence electrons. The molecule has 0 aromatic heterocycles. The maximum atomic E-state index is 11.1.